The summed E-state index contributed by atoms with van der Waals surface area (Å²) in [6.45, 7) is 5.45. The summed E-state index contributed by atoms with van der Waals surface area (Å²) in [5, 5.41) is 3.89. The first-order valence-electron chi connectivity index (χ1n) is 8.25. The van der Waals surface area contributed by atoms with Crippen molar-refractivity contribution in [1.29, 1.82) is 0 Å². The Kier molecular flexibility index (Phi) is 5.45. The smallest absolute Gasteiger partial charge is 0.227 e. The van der Waals surface area contributed by atoms with E-state index in [-0.39, 0.29) is 11.8 Å². The number of benzene rings is 1. The van der Waals surface area contributed by atoms with Crippen LogP contribution in [0.15, 0.2) is 24.3 Å². The molecule has 1 aliphatic rings. The monoisotopic (exact) mass is 378 g/mol. The van der Waals surface area contributed by atoms with Crippen molar-refractivity contribution in [2.45, 2.75) is 26.7 Å². The third-order valence-electron chi connectivity index (χ3n) is 4.31. The van der Waals surface area contributed by atoms with Crippen LogP contribution in [0.25, 0.3) is 0 Å². The van der Waals surface area contributed by atoms with Gasteiger partial charge in [-0.3, -0.25) is 4.79 Å². The molecule has 0 radical (unpaired) electrons. The molecule has 0 unspecified atom stereocenters. The molecule has 3 rings (SSSR count). The molecule has 7 heteroatoms. The lowest BCUT2D eigenvalue weighted by Gasteiger charge is -2.31. The number of piperidine rings is 1. The van der Waals surface area contributed by atoms with Gasteiger partial charge >= 0.3 is 0 Å². The lowest BCUT2D eigenvalue weighted by Crippen LogP contribution is -2.39. The fraction of sp³-hybridized carbons (Fsp3) is 0.389. The Hall–Kier alpha value is -1.85. The maximum absolute atomic E-state index is 12.5. The van der Waals surface area contributed by atoms with Gasteiger partial charge in [0.05, 0.1) is 10.7 Å². The van der Waals surface area contributed by atoms with Crippen LogP contribution in [-0.2, 0) is 4.79 Å². The Labute approximate surface area is 157 Å². The molecular formula is C18H20Cl2N4O. The highest BCUT2D eigenvalue weighted by atomic mass is 35.5. The number of nitrogens with one attached hydrogen (secondary N) is 1. The summed E-state index contributed by atoms with van der Waals surface area (Å²) in [5.41, 5.74) is 2.51. The summed E-state index contributed by atoms with van der Waals surface area (Å²) in [4.78, 5) is 23.6. The number of amides is 1. The summed E-state index contributed by atoms with van der Waals surface area (Å²) >= 11 is 12.0. The third-order valence-corrected chi connectivity index (χ3v) is 4.86. The zero-order valence-corrected chi connectivity index (χ0v) is 15.7. The molecule has 5 nitrogen and oxygen atoms in total. The van der Waals surface area contributed by atoms with Crippen molar-refractivity contribution in [2.75, 3.05) is 23.3 Å². The molecule has 25 heavy (non-hydrogen) atoms. The zero-order valence-electron chi connectivity index (χ0n) is 14.2. The number of halogens is 2. The highest BCUT2D eigenvalue weighted by Gasteiger charge is 2.26. The molecular weight excluding hydrogens is 359 g/mol. The Morgan fingerprint density at radius 1 is 1.12 bits per heavy atom. The molecule has 0 atom stereocenters. The van der Waals surface area contributed by atoms with Crippen LogP contribution in [0.1, 0.15) is 24.2 Å². The van der Waals surface area contributed by atoms with Crippen molar-refractivity contribution < 1.29 is 4.79 Å². The van der Waals surface area contributed by atoms with E-state index in [9.17, 15) is 4.79 Å². The first kappa shape index (κ1) is 18.0. The van der Waals surface area contributed by atoms with E-state index in [1.807, 2.05) is 19.9 Å². The Morgan fingerprint density at radius 3 is 2.36 bits per heavy atom. The summed E-state index contributed by atoms with van der Waals surface area (Å²) in [6, 6.07) is 7.02. The van der Waals surface area contributed by atoms with Crippen molar-refractivity contribution >= 4 is 40.7 Å². The van der Waals surface area contributed by atoms with E-state index in [0.29, 0.717) is 15.7 Å². The van der Waals surface area contributed by atoms with E-state index in [0.717, 1.165) is 43.3 Å². The molecule has 1 aliphatic heterocycles. The van der Waals surface area contributed by atoms with Gasteiger partial charge in [-0.2, -0.15) is 0 Å². The molecule has 132 valence electrons. The number of carbonyl (C=O) groups is 1. The Balaban J connectivity index is 1.60. The van der Waals surface area contributed by atoms with Gasteiger partial charge in [-0.1, -0.05) is 23.2 Å². The largest absolute Gasteiger partial charge is 0.341 e. The average molecular weight is 379 g/mol. The number of anilines is 2. The summed E-state index contributed by atoms with van der Waals surface area (Å²) in [6.07, 6.45) is 1.51. The summed E-state index contributed by atoms with van der Waals surface area (Å²) in [7, 11) is 0. The molecule has 0 spiro atoms. The lowest BCUT2D eigenvalue weighted by atomic mass is 9.96. The SMILES string of the molecule is Cc1cc(C)nc(N2CCC(C(=O)Nc3ccc(Cl)cc3Cl)CC2)n1. The maximum Gasteiger partial charge on any atom is 0.227 e. The number of rotatable bonds is 3. The van der Waals surface area contributed by atoms with E-state index in [1.165, 1.54) is 0 Å². The second-order valence-electron chi connectivity index (χ2n) is 6.33. The van der Waals surface area contributed by atoms with Gasteiger partial charge in [0, 0.05) is 35.4 Å². The molecule has 1 aromatic heterocycles. The number of aryl methyl sites for hydroxylation is 2. The molecule has 2 aromatic rings. The number of nitrogens with zero attached hydrogens (tertiary/aromatic N) is 3. The van der Waals surface area contributed by atoms with Crippen LogP contribution >= 0.6 is 23.2 Å². The predicted octanol–water partition coefficient (Wildman–Crippen LogP) is 4.26. The van der Waals surface area contributed by atoms with Crippen LogP contribution in [0.3, 0.4) is 0 Å². The lowest BCUT2D eigenvalue weighted by molar-refractivity contribution is -0.120. The maximum atomic E-state index is 12.5. The van der Waals surface area contributed by atoms with Crippen LogP contribution in [0.2, 0.25) is 10.0 Å². The van der Waals surface area contributed by atoms with Crippen molar-refractivity contribution in [2.24, 2.45) is 5.92 Å². The zero-order chi connectivity index (χ0) is 18.0. The van der Waals surface area contributed by atoms with Crippen LogP contribution in [0.4, 0.5) is 11.6 Å². The van der Waals surface area contributed by atoms with Crippen LogP contribution in [0, 0.1) is 19.8 Å². The Bertz CT molecular complexity index is 768. The summed E-state index contributed by atoms with van der Waals surface area (Å²) in [5.74, 6) is 0.691. The van der Waals surface area contributed by atoms with Crippen molar-refractivity contribution in [1.82, 2.24) is 9.97 Å². The first-order chi connectivity index (χ1) is 11.9. The molecule has 0 bridgehead atoms. The van der Waals surface area contributed by atoms with E-state index in [1.54, 1.807) is 18.2 Å². The molecule has 2 heterocycles. The molecule has 0 saturated carbocycles. The highest BCUT2D eigenvalue weighted by Crippen LogP contribution is 2.27. The quantitative estimate of drug-likeness (QED) is 0.866. The third kappa shape index (κ3) is 4.41. The Morgan fingerprint density at radius 2 is 1.76 bits per heavy atom. The van der Waals surface area contributed by atoms with Crippen LogP contribution in [-0.4, -0.2) is 29.0 Å². The molecule has 1 saturated heterocycles. The van der Waals surface area contributed by atoms with Crippen molar-refractivity contribution in [3.05, 3.63) is 45.7 Å². The minimum Gasteiger partial charge on any atom is -0.341 e. The molecule has 1 amide bonds. The van der Waals surface area contributed by atoms with E-state index >= 15 is 0 Å². The molecule has 1 aromatic carbocycles. The fourth-order valence-corrected chi connectivity index (χ4v) is 3.47. The predicted molar refractivity (Wildman–Crippen MR) is 102 cm³/mol. The van der Waals surface area contributed by atoms with Gasteiger partial charge in [-0.05, 0) is 51.0 Å². The fourth-order valence-electron chi connectivity index (χ4n) is 3.02. The summed E-state index contributed by atoms with van der Waals surface area (Å²) < 4.78 is 0. The normalized spacial score (nSPS) is 15.3. The molecule has 1 fully saturated rings. The van der Waals surface area contributed by atoms with Crippen molar-refractivity contribution in [3.63, 3.8) is 0 Å². The average Bonchev–Trinajstić information content (AvgIpc) is 2.56. The molecule has 1 N–H and O–H groups in total. The second kappa shape index (κ2) is 7.58. The van der Waals surface area contributed by atoms with Gasteiger partial charge < -0.3 is 10.2 Å². The van der Waals surface area contributed by atoms with Crippen LogP contribution in [0.5, 0.6) is 0 Å². The van der Waals surface area contributed by atoms with Crippen LogP contribution < -0.4 is 10.2 Å². The van der Waals surface area contributed by atoms with Gasteiger partial charge in [-0.15, -0.1) is 0 Å². The van der Waals surface area contributed by atoms with Gasteiger partial charge in [0.15, 0.2) is 0 Å². The topological polar surface area (TPSA) is 58.1 Å². The molecule has 0 aliphatic carbocycles. The second-order valence-corrected chi connectivity index (χ2v) is 7.17. The first-order valence-corrected chi connectivity index (χ1v) is 9.01. The van der Waals surface area contributed by atoms with Gasteiger partial charge in [0.2, 0.25) is 11.9 Å². The van der Waals surface area contributed by atoms with E-state index < -0.39 is 0 Å². The number of aromatic nitrogens is 2. The van der Waals surface area contributed by atoms with E-state index in [4.69, 9.17) is 23.2 Å². The van der Waals surface area contributed by atoms with E-state index in [2.05, 4.69) is 20.2 Å². The number of hydrogen-bond donors (Lipinski definition) is 1. The van der Waals surface area contributed by atoms with Gasteiger partial charge in [0.1, 0.15) is 0 Å². The minimum atomic E-state index is -0.0473. The standard InChI is InChI=1S/C18H20Cl2N4O/c1-11-9-12(2)22-18(21-11)24-7-5-13(6-8-24)17(25)23-16-4-3-14(19)10-15(16)20/h3-4,9-10,13H,5-8H2,1-2H3,(H,23,25). The number of hydrogen-bond acceptors (Lipinski definition) is 4. The minimum absolute atomic E-state index is 0.00906. The van der Waals surface area contributed by atoms with Gasteiger partial charge in [-0.25, -0.2) is 9.97 Å². The van der Waals surface area contributed by atoms with Gasteiger partial charge in [0.25, 0.3) is 0 Å². The van der Waals surface area contributed by atoms with Crippen molar-refractivity contribution in [3.8, 4) is 0 Å². The number of carbonyl (C=O) groups excluding carboxylic acids is 1. The highest BCUT2D eigenvalue weighted by molar-refractivity contribution is 6.36.